The second kappa shape index (κ2) is 4.87. The lowest BCUT2D eigenvalue weighted by molar-refractivity contribution is 0.927. The molecule has 3 aromatic rings. The minimum absolute atomic E-state index is 0.146. The van der Waals surface area contributed by atoms with E-state index < -0.39 is 0 Å². The van der Waals surface area contributed by atoms with Gasteiger partial charge in [0, 0.05) is 18.1 Å². The molecule has 96 valence electrons. The van der Waals surface area contributed by atoms with Crippen molar-refractivity contribution >= 4 is 33.3 Å². The molecule has 0 spiro atoms. The highest BCUT2D eigenvalue weighted by atomic mass is 32.2. The smallest absolute Gasteiger partial charge is 0.212 e. The summed E-state index contributed by atoms with van der Waals surface area (Å²) in [5, 5.41) is 0. The van der Waals surface area contributed by atoms with Crippen LogP contribution in [0.25, 0.3) is 20.7 Å². The topological polar surface area (TPSA) is 22.0 Å². The number of aryl methyl sites for hydroxylation is 1. The molecule has 0 saturated carbocycles. The molecule has 2 aromatic heterocycles. The van der Waals surface area contributed by atoms with Crippen molar-refractivity contribution in [2.24, 2.45) is 7.05 Å². The SMILES string of the molecule is CSc1cn(C)c2cc(-c3ccccc3)sc2c1=O. The molecule has 1 aromatic carbocycles. The van der Waals surface area contributed by atoms with Crippen molar-refractivity contribution in [3.63, 3.8) is 0 Å². The quantitative estimate of drug-likeness (QED) is 0.665. The molecule has 0 bridgehead atoms. The average Bonchev–Trinajstić information content (AvgIpc) is 2.90. The summed E-state index contributed by atoms with van der Waals surface area (Å²) in [5.41, 5.74) is 2.31. The first-order valence-electron chi connectivity index (χ1n) is 5.93. The number of pyridine rings is 1. The van der Waals surface area contributed by atoms with Crippen LogP contribution in [0.3, 0.4) is 0 Å². The highest BCUT2D eigenvalue weighted by molar-refractivity contribution is 7.98. The summed E-state index contributed by atoms with van der Waals surface area (Å²) >= 11 is 3.08. The third-order valence-electron chi connectivity index (χ3n) is 3.11. The summed E-state index contributed by atoms with van der Waals surface area (Å²) in [6, 6.07) is 12.3. The number of thioether (sulfide) groups is 1. The van der Waals surface area contributed by atoms with Gasteiger partial charge in [0.25, 0.3) is 0 Å². The van der Waals surface area contributed by atoms with E-state index in [1.807, 2.05) is 42.3 Å². The van der Waals surface area contributed by atoms with Crippen molar-refractivity contribution in [2.45, 2.75) is 4.90 Å². The van der Waals surface area contributed by atoms with E-state index in [1.54, 1.807) is 11.3 Å². The van der Waals surface area contributed by atoms with E-state index in [2.05, 4.69) is 18.2 Å². The van der Waals surface area contributed by atoms with Gasteiger partial charge in [-0.3, -0.25) is 4.79 Å². The summed E-state index contributed by atoms with van der Waals surface area (Å²) in [6.45, 7) is 0. The van der Waals surface area contributed by atoms with Gasteiger partial charge in [-0.05, 0) is 17.9 Å². The van der Waals surface area contributed by atoms with Gasteiger partial charge in [0.2, 0.25) is 5.43 Å². The number of fused-ring (bicyclic) bond motifs is 1. The van der Waals surface area contributed by atoms with Crippen molar-refractivity contribution in [2.75, 3.05) is 6.26 Å². The molecular weight excluding hydrogens is 274 g/mol. The monoisotopic (exact) mass is 287 g/mol. The Hall–Kier alpha value is -1.52. The fraction of sp³-hybridized carbons (Fsp3) is 0.133. The molecule has 0 aliphatic carbocycles. The fourth-order valence-corrected chi connectivity index (χ4v) is 3.88. The van der Waals surface area contributed by atoms with E-state index in [0.717, 1.165) is 25.6 Å². The predicted molar refractivity (Wildman–Crippen MR) is 84.3 cm³/mol. The molecule has 2 heterocycles. The Morgan fingerprint density at radius 3 is 2.63 bits per heavy atom. The molecule has 0 aliphatic rings. The summed E-state index contributed by atoms with van der Waals surface area (Å²) in [5.74, 6) is 0. The Kier molecular flexibility index (Phi) is 3.21. The van der Waals surface area contributed by atoms with Crippen molar-refractivity contribution in [3.8, 4) is 10.4 Å². The molecule has 19 heavy (non-hydrogen) atoms. The zero-order chi connectivity index (χ0) is 13.4. The van der Waals surface area contributed by atoms with Crippen LogP contribution in [0.2, 0.25) is 0 Å². The average molecular weight is 287 g/mol. The van der Waals surface area contributed by atoms with Gasteiger partial charge in [0.05, 0.1) is 15.1 Å². The number of benzene rings is 1. The largest absolute Gasteiger partial charge is 0.348 e. The Balaban J connectivity index is 2.30. The van der Waals surface area contributed by atoms with Gasteiger partial charge >= 0.3 is 0 Å². The summed E-state index contributed by atoms with van der Waals surface area (Å²) < 4.78 is 2.87. The van der Waals surface area contributed by atoms with Crippen molar-refractivity contribution in [1.82, 2.24) is 4.57 Å². The van der Waals surface area contributed by atoms with Crippen LogP contribution in [0.1, 0.15) is 0 Å². The predicted octanol–water partition coefficient (Wildman–Crippen LogP) is 3.99. The van der Waals surface area contributed by atoms with Gasteiger partial charge in [0.15, 0.2) is 0 Å². The molecule has 3 rings (SSSR count). The maximum atomic E-state index is 12.3. The molecule has 0 radical (unpaired) electrons. The number of thiophene rings is 1. The summed E-state index contributed by atoms with van der Waals surface area (Å²) in [7, 11) is 1.99. The first kappa shape index (κ1) is 12.5. The fourth-order valence-electron chi connectivity index (χ4n) is 2.11. The maximum Gasteiger partial charge on any atom is 0.212 e. The lowest BCUT2D eigenvalue weighted by atomic mass is 10.2. The third-order valence-corrected chi connectivity index (χ3v) is 5.01. The van der Waals surface area contributed by atoms with Crippen LogP contribution in [0, 0.1) is 0 Å². The Morgan fingerprint density at radius 1 is 1.21 bits per heavy atom. The molecule has 0 amide bonds. The number of nitrogens with zero attached hydrogens (tertiary/aromatic N) is 1. The second-order valence-corrected chi connectivity index (χ2v) is 6.23. The van der Waals surface area contributed by atoms with E-state index in [0.29, 0.717) is 0 Å². The van der Waals surface area contributed by atoms with Crippen molar-refractivity contribution in [1.29, 1.82) is 0 Å². The van der Waals surface area contributed by atoms with E-state index in [1.165, 1.54) is 11.8 Å². The minimum Gasteiger partial charge on any atom is -0.348 e. The van der Waals surface area contributed by atoms with Gasteiger partial charge in [-0.15, -0.1) is 23.1 Å². The molecule has 0 saturated heterocycles. The highest BCUT2D eigenvalue weighted by Gasteiger charge is 2.11. The van der Waals surface area contributed by atoms with E-state index >= 15 is 0 Å². The zero-order valence-corrected chi connectivity index (χ0v) is 12.3. The number of aromatic nitrogens is 1. The van der Waals surface area contributed by atoms with Crippen LogP contribution >= 0.6 is 23.1 Å². The lowest BCUT2D eigenvalue weighted by Gasteiger charge is -2.02. The van der Waals surface area contributed by atoms with Crippen LogP contribution in [-0.2, 0) is 7.05 Å². The van der Waals surface area contributed by atoms with Gasteiger partial charge in [-0.25, -0.2) is 0 Å². The number of rotatable bonds is 2. The van der Waals surface area contributed by atoms with Gasteiger partial charge in [0.1, 0.15) is 0 Å². The van der Waals surface area contributed by atoms with Gasteiger partial charge < -0.3 is 4.57 Å². The minimum atomic E-state index is 0.146. The van der Waals surface area contributed by atoms with E-state index in [9.17, 15) is 4.79 Å². The van der Waals surface area contributed by atoms with E-state index in [4.69, 9.17) is 0 Å². The normalized spacial score (nSPS) is 11.1. The third kappa shape index (κ3) is 2.11. The number of hydrogen-bond donors (Lipinski definition) is 0. The molecule has 0 fully saturated rings. The Bertz CT molecular complexity index is 787. The summed E-state index contributed by atoms with van der Waals surface area (Å²) in [4.78, 5) is 14.3. The van der Waals surface area contributed by atoms with Crippen LogP contribution in [0.15, 0.2) is 52.3 Å². The standard InChI is InChI=1S/C15H13NOS2/c1-16-9-13(18-2)14(17)15-11(16)8-12(19-15)10-6-4-3-5-7-10/h3-9H,1-2H3. The van der Waals surface area contributed by atoms with Crippen LogP contribution in [-0.4, -0.2) is 10.8 Å². The second-order valence-electron chi connectivity index (χ2n) is 4.33. The number of hydrogen-bond acceptors (Lipinski definition) is 3. The van der Waals surface area contributed by atoms with Gasteiger partial charge in [-0.1, -0.05) is 30.3 Å². The molecular formula is C15H13NOS2. The molecule has 4 heteroatoms. The Morgan fingerprint density at radius 2 is 1.95 bits per heavy atom. The van der Waals surface area contributed by atoms with Crippen LogP contribution < -0.4 is 5.43 Å². The zero-order valence-electron chi connectivity index (χ0n) is 10.7. The Labute approximate surface area is 119 Å². The molecule has 2 nitrogen and oxygen atoms in total. The maximum absolute atomic E-state index is 12.3. The van der Waals surface area contributed by atoms with Crippen LogP contribution in [0.5, 0.6) is 0 Å². The molecule has 0 unspecified atom stereocenters. The van der Waals surface area contributed by atoms with Gasteiger partial charge in [-0.2, -0.15) is 0 Å². The highest BCUT2D eigenvalue weighted by Crippen LogP contribution is 2.32. The lowest BCUT2D eigenvalue weighted by Crippen LogP contribution is -2.06. The first-order valence-corrected chi connectivity index (χ1v) is 7.97. The van der Waals surface area contributed by atoms with Crippen molar-refractivity contribution in [3.05, 3.63) is 52.8 Å². The molecule has 0 aliphatic heterocycles. The first-order chi connectivity index (χ1) is 9.20. The molecule has 0 atom stereocenters. The van der Waals surface area contributed by atoms with Crippen molar-refractivity contribution < 1.29 is 0 Å². The van der Waals surface area contributed by atoms with Crippen LogP contribution in [0.4, 0.5) is 0 Å². The summed E-state index contributed by atoms with van der Waals surface area (Å²) in [6.07, 6.45) is 3.85. The molecule has 0 N–H and O–H groups in total. The van der Waals surface area contributed by atoms with E-state index in [-0.39, 0.29) is 5.43 Å².